The maximum atomic E-state index is 2.47. The molecule has 0 N–H and O–H groups in total. The molecule has 0 saturated heterocycles. The quantitative estimate of drug-likeness (QED) is 0.737. The predicted octanol–water partition coefficient (Wildman–Crippen LogP) is 3.90. The Morgan fingerprint density at radius 1 is 0.688 bits per heavy atom. The molecule has 82 valence electrons. The van der Waals surface area contributed by atoms with Crippen molar-refractivity contribution < 1.29 is 0 Å². The molecule has 0 spiro atoms. The standard InChI is InChI=1S/C12H9.3CH3.Sn/c1-3-7-11(8-4-1)12-9-5-2-6-10-12;;;;/h1-9H;3*1H3;. The fourth-order valence-corrected chi connectivity index (χ4v) is 6.66. The molecule has 0 saturated carbocycles. The summed E-state index contributed by atoms with van der Waals surface area (Å²) in [6, 6.07) is 19.6. The second kappa shape index (κ2) is 4.62. The van der Waals surface area contributed by atoms with Crippen LogP contribution in [0.5, 0.6) is 0 Å². The van der Waals surface area contributed by atoms with Gasteiger partial charge < -0.3 is 0 Å². The van der Waals surface area contributed by atoms with E-state index in [4.69, 9.17) is 0 Å². The first-order chi connectivity index (χ1) is 7.59. The SMILES string of the molecule is [CH3][Sn]([CH3])([CH3])[c]1ccccc1-c1ccccc1. The van der Waals surface area contributed by atoms with Crippen molar-refractivity contribution in [1.82, 2.24) is 0 Å². The second-order valence-electron chi connectivity index (χ2n) is 5.16. The predicted molar refractivity (Wildman–Crippen MR) is 74.9 cm³/mol. The van der Waals surface area contributed by atoms with E-state index in [-0.39, 0.29) is 0 Å². The Bertz CT molecular complexity index is 466. The molecule has 2 rings (SSSR count). The number of hydrogen-bond acceptors (Lipinski definition) is 0. The molecule has 0 aliphatic rings. The van der Waals surface area contributed by atoms with Crippen LogP contribution in [0.15, 0.2) is 54.6 Å². The van der Waals surface area contributed by atoms with Gasteiger partial charge in [-0.05, 0) is 0 Å². The van der Waals surface area contributed by atoms with Crippen molar-refractivity contribution in [1.29, 1.82) is 0 Å². The summed E-state index contributed by atoms with van der Waals surface area (Å²) in [5, 5.41) is 0. The first kappa shape index (κ1) is 11.7. The molecule has 0 nitrogen and oxygen atoms in total. The van der Waals surface area contributed by atoms with E-state index < -0.39 is 18.4 Å². The van der Waals surface area contributed by atoms with Crippen molar-refractivity contribution in [3.63, 3.8) is 0 Å². The van der Waals surface area contributed by atoms with E-state index in [1.54, 1.807) is 3.58 Å². The molecule has 0 unspecified atom stereocenters. The molecule has 0 aliphatic heterocycles. The number of hydrogen-bond donors (Lipinski definition) is 0. The second-order valence-corrected chi connectivity index (χ2v) is 19.5. The Labute approximate surface area is 102 Å². The summed E-state index contributed by atoms with van der Waals surface area (Å²) < 4.78 is 1.61. The molecule has 0 atom stereocenters. The third-order valence-corrected chi connectivity index (χ3v) is 8.68. The molecule has 0 aliphatic carbocycles. The van der Waals surface area contributed by atoms with Crippen molar-refractivity contribution in [2.45, 2.75) is 14.8 Å². The summed E-state index contributed by atoms with van der Waals surface area (Å²) in [6.07, 6.45) is 0. The fourth-order valence-electron chi connectivity index (χ4n) is 2.01. The van der Waals surface area contributed by atoms with E-state index in [0.29, 0.717) is 0 Å². The van der Waals surface area contributed by atoms with Gasteiger partial charge in [-0.25, -0.2) is 0 Å². The van der Waals surface area contributed by atoms with Gasteiger partial charge in [-0.15, -0.1) is 0 Å². The van der Waals surface area contributed by atoms with Gasteiger partial charge >= 0.3 is 102 Å². The van der Waals surface area contributed by atoms with Crippen LogP contribution in [-0.2, 0) is 0 Å². The van der Waals surface area contributed by atoms with Gasteiger partial charge in [0.2, 0.25) is 0 Å². The zero-order valence-corrected chi connectivity index (χ0v) is 13.1. The minimum absolute atomic E-state index is 1.35. The van der Waals surface area contributed by atoms with E-state index in [0.717, 1.165) is 0 Å². The summed E-state index contributed by atoms with van der Waals surface area (Å²) in [4.78, 5) is 7.41. The molecule has 0 radical (unpaired) electrons. The number of benzene rings is 2. The van der Waals surface area contributed by atoms with Crippen LogP contribution in [0.1, 0.15) is 0 Å². The van der Waals surface area contributed by atoms with E-state index in [2.05, 4.69) is 69.4 Å². The summed E-state index contributed by atoms with van der Waals surface area (Å²) in [5.41, 5.74) is 2.79. The molecule has 2 aromatic carbocycles. The van der Waals surface area contributed by atoms with Crippen molar-refractivity contribution in [2.24, 2.45) is 0 Å². The molecule has 0 amide bonds. The van der Waals surface area contributed by atoms with Crippen molar-refractivity contribution >= 4 is 22.0 Å². The van der Waals surface area contributed by atoms with Gasteiger partial charge in [-0.1, -0.05) is 0 Å². The molecular weight excluding hydrogens is 299 g/mol. The van der Waals surface area contributed by atoms with Crippen molar-refractivity contribution in [2.75, 3.05) is 0 Å². The summed E-state index contributed by atoms with van der Waals surface area (Å²) in [6.45, 7) is 0. The Hall–Kier alpha value is -0.761. The van der Waals surface area contributed by atoms with Gasteiger partial charge in [0.15, 0.2) is 0 Å². The first-order valence-electron chi connectivity index (χ1n) is 5.74. The monoisotopic (exact) mass is 318 g/mol. The summed E-state index contributed by atoms with van der Waals surface area (Å²) in [7, 11) is 0. The molecule has 1 heteroatoms. The summed E-state index contributed by atoms with van der Waals surface area (Å²) >= 11 is -2.00. The molecular formula is C15H18Sn. The zero-order chi connectivity index (χ0) is 11.6. The Morgan fingerprint density at radius 2 is 1.25 bits per heavy atom. The van der Waals surface area contributed by atoms with Crippen LogP contribution in [0.4, 0.5) is 0 Å². The molecule has 16 heavy (non-hydrogen) atoms. The Balaban J connectivity index is 2.58. The van der Waals surface area contributed by atoms with Gasteiger partial charge in [-0.3, -0.25) is 0 Å². The van der Waals surface area contributed by atoms with Crippen LogP contribution >= 0.6 is 0 Å². The third-order valence-electron chi connectivity index (χ3n) is 2.82. The molecule has 2 aromatic rings. The third kappa shape index (κ3) is 2.49. The average molecular weight is 317 g/mol. The van der Waals surface area contributed by atoms with Gasteiger partial charge in [-0.2, -0.15) is 0 Å². The van der Waals surface area contributed by atoms with E-state index in [1.165, 1.54) is 11.1 Å². The van der Waals surface area contributed by atoms with Crippen molar-refractivity contribution in [3.05, 3.63) is 54.6 Å². The van der Waals surface area contributed by atoms with Crippen LogP contribution in [0.25, 0.3) is 11.1 Å². The van der Waals surface area contributed by atoms with Crippen LogP contribution in [0, 0.1) is 0 Å². The Kier molecular flexibility index (Phi) is 3.38. The molecule has 0 aromatic heterocycles. The van der Waals surface area contributed by atoms with E-state index >= 15 is 0 Å². The number of rotatable bonds is 2. The zero-order valence-electron chi connectivity index (χ0n) is 10.2. The van der Waals surface area contributed by atoms with Crippen molar-refractivity contribution in [3.8, 4) is 11.1 Å². The van der Waals surface area contributed by atoms with E-state index in [9.17, 15) is 0 Å². The topological polar surface area (TPSA) is 0 Å². The minimum atomic E-state index is -2.00. The molecule has 0 bridgehead atoms. The van der Waals surface area contributed by atoms with Crippen LogP contribution in [-0.4, -0.2) is 18.4 Å². The van der Waals surface area contributed by atoms with E-state index in [1.807, 2.05) is 0 Å². The van der Waals surface area contributed by atoms with Gasteiger partial charge in [0.05, 0.1) is 0 Å². The fraction of sp³-hybridized carbons (Fsp3) is 0.200. The normalized spacial score (nSPS) is 11.4. The van der Waals surface area contributed by atoms with Crippen LogP contribution in [0.2, 0.25) is 14.8 Å². The Morgan fingerprint density at radius 3 is 1.88 bits per heavy atom. The van der Waals surface area contributed by atoms with Gasteiger partial charge in [0, 0.05) is 0 Å². The van der Waals surface area contributed by atoms with Crippen LogP contribution < -0.4 is 3.58 Å². The van der Waals surface area contributed by atoms with Crippen LogP contribution in [0.3, 0.4) is 0 Å². The van der Waals surface area contributed by atoms with Gasteiger partial charge in [0.1, 0.15) is 0 Å². The molecule has 0 fully saturated rings. The summed E-state index contributed by atoms with van der Waals surface area (Å²) in [5.74, 6) is 0. The molecule has 0 heterocycles. The van der Waals surface area contributed by atoms with Gasteiger partial charge in [0.25, 0.3) is 0 Å². The average Bonchev–Trinajstić information content (AvgIpc) is 2.29. The first-order valence-corrected chi connectivity index (χ1v) is 15.7. The maximum absolute atomic E-state index is 2.47.